The van der Waals surface area contributed by atoms with E-state index in [0.29, 0.717) is 28.7 Å². The van der Waals surface area contributed by atoms with Gasteiger partial charge in [-0.3, -0.25) is 14.4 Å². The number of carbonyl (C=O) groups excluding carboxylic acids is 3. The van der Waals surface area contributed by atoms with Crippen LogP contribution in [0.2, 0.25) is 5.02 Å². The Morgan fingerprint density at radius 3 is 2.15 bits per heavy atom. The van der Waals surface area contributed by atoms with E-state index < -0.39 is 34.0 Å². The Balaban J connectivity index is 1.14. The normalized spacial score (nSPS) is 15.9. The van der Waals surface area contributed by atoms with Gasteiger partial charge in [0.2, 0.25) is 17.8 Å². The molecule has 0 saturated heterocycles. The predicted molar refractivity (Wildman–Crippen MR) is 168 cm³/mol. The maximum absolute atomic E-state index is 13.2. The second kappa shape index (κ2) is 11.9. The Morgan fingerprint density at radius 1 is 0.935 bits per heavy atom. The van der Waals surface area contributed by atoms with Crippen molar-refractivity contribution in [2.45, 2.75) is 50.7 Å². The molecular formula is C32H31ClF3N7O3. The van der Waals surface area contributed by atoms with E-state index in [1.165, 1.54) is 6.07 Å². The summed E-state index contributed by atoms with van der Waals surface area (Å²) in [6.45, 7) is 0. The molecule has 2 aliphatic carbocycles. The lowest BCUT2D eigenvalue weighted by atomic mass is 10.0. The van der Waals surface area contributed by atoms with Crippen molar-refractivity contribution < 1.29 is 27.6 Å². The molecule has 2 saturated carbocycles. The van der Waals surface area contributed by atoms with Gasteiger partial charge in [-0.1, -0.05) is 24.4 Å². The minimum Gasteiger partial charge on any atom is -0.343 e. The highest BCUT2D eigenvalue weighted by Gasteiger charge is 2.56. The maximum atomic E-state index is 13.2. The number of hydrogen-bond donors (Lipinski definition) is 3. The lowest BCUT2D eigenvalue weighted by molar-refractivity contribution is -0.137. The van der Waals surface area contributed by atoms with Crippen LogP contribution in [-0.4, -0.2) is 51.3 Å². The molecule has 10 nitrogen and oxygen atoms in total. The molecule has 0 bridgehead atoms. The largest absolute Gasteiger partial charge is 0.417 e. The highest BCUT2D eigenvalue weighted by atomic mass is 35.5. The highest BCUT2D eigenvalue weighted by Crippen LogP contribution is 2.48. The van der Waals surface area contributed by atoms with Gasteiger partial charge in [-0.05, 0) is 74.2 Å². The first-order valence-electron chi connectivity index (χ1n) is 14.8. The molecule has 0 radical (unpaired) electrons. The smallest absolute Gasteiger partial charge is 0.343 e. The van der Waals surface area contributed by atoms with Gasteiger partial charge < -0.3 is 25.4 Å². The van der Waals surface area contributed by atoms with Crippen LogP contribution in [0.5, 0.6) is 0 Å². The van der Waals surface area contributed by atoms with Gasteiger partial charge >= 0.3 is 6.18 Å². The van der Waals surface area contributed by atoms with Crippen LogP contribution >= 0.6 is 11.6 Å². The van der Waals surface area contributed by atoms with Crippen LogP contribution in [0.1, 0.15) is 60.6 Å². The third-order valence-electron chi connectivity index (χ3n) is 8.44. The van der Waals surface area contributed by atoms with Crippen molar-refractivity contribution >= 4 is 63.4 Å². The Kier molecular flexibility index (Phi) is 8.13. The molecule has 0 aliphatic heterocycles. The van der Waals surface area contributed by atoms with E-state index in [2.05, 4.69) is 20.9 Å². The highest BCUT2D eigenvalue weighted by molar-refractivity contribution is 6.31. The minimum atomic E-state index is -4.69. The quantitative estimate of drug-likeness (QED) is 0.176. The lowest BCUT2D eigenvalue weighted by Gasteiger charge is -2.19. The van der Waals surface area contributed by atoms with Crippen molar-refractivity contribution in [2.24, 2.45) is 5.41 Å². The third kappa shape index (κ3) is 6.11. The van der Waals surface area contributed by atoms with Gasteiger partial charge in [0.1, 0.15) is 16.8 Å². The van der Waals surface area contributed by atoms with Crippen molar-refractivity contribution in [2.75, 3.05) is 30.0 Å². The second-order valence-corrected chi connectivity index (χ2v) is 12.3. The summed E-state index contributed by atoms with van der Waals surface area (Å²) in [5.41, 5.74) is -0.236. The summed E-state index contributed by atoms with van der Waals surface area (Å²) < 4.78 is 41.7. The topological polar surface area (TPSA) is 121 Å². The molecular weight excluding hydrogens is 623 g/mol. The van der Waals surface area contributed by atoms with Crippen LogP contribution < -0.4 is 16.0 Å². The Morgan fingerprint density at radius 2 is 1.54 bits per heavy atom. The minimum absolute atomic E-state index is 0.0944. The third-order valence-corrected chi connectivity index (χ3v) is 8.77. The number of amides is 3. The number of nitrogens with one attached hydrogen (secondary N) is 3. The average Bonchev–Trinajstić information content (AvgIpc) is 3.50. The molecule has 0 atom stereocenters. The lowest BCUT2D eigenvalue weighted by Crippen LogP contribution is -2.35. The molecule has 14 heteroatoms. The molecule has 46 heavy (non-hydrogen) atoms. The van der Waals surface area contributed by atoms with Crippen LogP contribution in [0.15, 0.2) is 54.7 Å². The molecule has 6 rings (SSSR count). The number of hydrogen-bond acceptors (Lipinski definition) is 6. The van der Waals surface area contributed by atoms with Crippen LogP contribution in [-0.2, 0) is 15.8 Å². The molecule has 3 N–H and O–H groups in total. The first-order valence-corrected chi connectivity index (χ1v) is 15.2. The molecule has 3 amide bonds. The zero-order valence-corrected chi connectivity index (χ0v) is 25.8. The van der Waals surface area contributed by atoms with Crippen LogP contribution in [0.3, 0.4) is 0 Å². The molecule has 2 aromatic carbocycles. The van der Waals surface area contributed by atoms with Crippen molar-refractivity contribution in [1.29, 1.82) is 0 Å². The molecule has 2 aliphatic rings. The zero-order chi connectivity index (χ0) is 32.8. The molecule has 240 valence electrons. The summed E-state index contributed by atoms with van der Waals surface area (Å²) in [7, 11) is 3.45. The Bertz CT molecular complexity index is 1830. The first-order chi connectivity index (χ1) is 21.9. The predicted octanol–water partition coefficient (Wildman–Crippen LogP) is 7.02. The van der Waals surface area contributed by atoms with E-state index in [0.717, 1.165) is 43.2 Å². The molecule has 2 aromatic heterocycles. The number of halogens is 4. The van der Waals surface area contributed by atoms with E-state index in [1.54, 1.807) is 49.5 Å². The van der Waals surface area contributed by atoms with Crippen molar-refractivity contribution in [1.82, 2.24) is 19.4 Å². The average molecular weight is 654 g/mol. The standard InChI is InChI=1S/C32H31ClF3N7O3/c1-42(2)27(44)25-15-18-17-37-30(41-26(18)43(25)22-5-3-4-6-22)40-20-9-7-19(8-10-20)38-28(45)31(13-14-31)29(46)39-21-11-12-24(33)23(16-21)32(34,35)36/h7-12,15-17,22H,3-6,13-14H2,1-2H3,(H,38,45)(H,39,46)(H,37,40,41). The summed E-state index contributed by atoms with van der Waals surface area (Å²) >= 11 is 5.67. The summed E-state index contributed by atoms with van der Waals surface area (Å²) in [4.78, 5) is 49.8. The van der Waals surface area contributed by atoms with Gasteiger partial charge in [0.05, 0.1) is 10.6 Å². The monoisotopic (exact) mass is 653 g/mol. The van der Waals surface area contributed by atoms with Crippen LogP contribution in [0.4, 0.5) is 36.2 Å². The Labute approximate surface area is 267 Å². The van der Waals surface area contributed by atoms with Gasteiger partial charge in [-0.25, -0.2) is 4.98 Å². The number of anilines is 4. The van der Waals surface area contributed by atoms with Crippen LogP contribution in [0, 0.1) is 5.41 Å². The number of benzene rings is 2. The molecule has 2 heterocycles. The van der Waals surface area contributed by atoms with E-state index in [4.69, 9.17) is 16.6 Å². The van der Waals surface area contributed by atoms with E-state index in [-0.39, 0.29) is 30.5 Å². The number of alkyl halides is 3. The van der Waals surface area contributed by atoms with Crippen molar-refractivity contribution in [3.05, 3.63) is 71.0 Å². The summed E-state index contributed by atoms with van der Waals surface area (Å²) in [6, 6.07) is 11.8. The second-order valence-electron chi connectivity index (χ2n) is 11.9. The summed E-state index contributed by atoms with van der Waals surface area (Å²) in [6.07, 6.45) is 1.64. The van der Waals surface area contributed by atoms with Gasteiger partial charge in [0.15, 0.2) is 0 Å². The summed E-state index contributed by atoms with van der Waals surface area (Å²) in [5, 5.41) is 8.62. The molecule has 0 spiro atoms. The number of nitrogens with zero attached hydrogens (tertiary/aromatic N) is 4. The number of aromatic nitrogens is 3. The van der Waals surface area contributed by atoms with Gasteiger partial charge in [-0.15, -0.1) is 0 Å². The van der Waals surface area contributed by atoms with Gasteiger partial charge in [0.25, 0.3) is 5.91 Å². The van der Waals surface area contributed by atoms with Crippen molar-refractivity contribution in [3.8, 4) is 0 Å². The zero-order valence-electron chi connectivity index (χ0n) is 25.0. The van der Waals surface area contributed by atoms with Crippen LogP contribution in [0.25, 0.3) is 11.0 Å². The Hall–Kier alpha value is -4.65. The molecule has 4 aromatic rings. The van der Waals surface area contributed by atoms with E-state index in [1.807, 2.05) is 10.6 Å². The SMILES string of the molecule is CN(C)C(=O)c1cc2cnc(Nc3ccc(NC(=O)C4(C(=O)Nc5ccc(Cl)c(C(F)(F)F)c5)CC4)cc3)nc2n1C1CCCC1. The van der Waals surface area contributed by atoms with E-state index in [9.17, 15) is 27.6 Å². The number of carbonyl (C=O) groups is 3. The fourth-order valence-corrected chi connectivity index (χ4v) is 5.99. The number of rotatable bonds is 8. The fourth-order valence-electron chi connectivity index (χ4n) is 5.76. The number of fused-ring (bicyclic) bond motifs is 1. The maximum Gasteiger partial charge on any atom is 0.417 e. The van der Waals surface area contributed by atoms with Gasteiger partial charge in [-0.2, -0.15) is 18.2 Å². The van der Waals surface area contributed by atoms with Crippen molar-refractivity contribution in [3.63, 3.8) is 0 Å². The molecule has 0 unspecified atom stereocenters. The van der Waals surface area contributed by atoms with E-state index >= 15 is 0 Å². The summed E-state index contributed by atoms with van der Waals surface area (Å²) in [5.74, 6) is -0.998. The molecule has 2 fully saturated rings. The first kappa shape index (κ1) is 31.3. The van der Waals surface area contributed by atoms with Gasteiger partial charge in [0, 0.05) is 48.8 Å². The fraction of sp³-hybridized carbons (Fsp3) is 0.344.